The number of aliphatic hydroxyl groups is 2. The Morgan fingerprint density at radius 3 is 2.42 bits per heavy atom. The van der Waals surface area contributed by atoms with Crippen molar-refractivity contribution in [1.82, 2.24) is 19.7 Å². The van der Waals surface area contributed by atoms with Gasteiger partial charge in [-0.05, 0) is 31.2 Å². The van der Waals surface area contributed by atoms with E-state index >= 15 is 0 Å². The quantitative estimate of drug-likeness (QED) is 0.448. The molecule has 158 valence electrons. The highest BCUT2D eigenvalue weighted by Crippen LogP contribution is 2.37. The maximum absolute atomic E-state index is 10.5. The molecule has 0 spiro atoms. The molecular weight excluding hydrogens is 418 g/mol. The molecule has 9 heteroatoms. The Kier molecular flexibility index (Phi) is 5.07. The van der Waals surface area contributed by atoms with Crippen molar-refractivity contribution in [1.29, 1.82) is 0 Å². The molecule has 3 N–H and O–H groups in total. The molecule has 8 nitrogen and oxygen atoms in total. The SMILES string of the molecule is C[C@H]1OC(n2nc(-c3ccccc3)c3c(Nc4ccc(Cl)cc4)ncnc32)[C@H](O)[C@@H]1O. The summed E-state index contributed by atoms with van der Waals surface area (Å²) in [7, 11) is 0. The molecule has 31 heavy (non-hydrogen) atoms. The Bertz CT molecular complexity index is 1220. The molecule has 0 bridgehead atoms. The molecule has 0 saturated carbocycles. The van der Waals surface area contributed by atoms with Gasteiger partial charge in [0.05, 0.1) is 11.5 Å². The summed E-state index contributed by atoms with van der Waals surface area (Å²) in [6.07, 6.45) is -2.13. The topological polar surface area (TPSA) is 105 Å². The van der Waals surface area contributed by atoms with Gasteiger partial charge in [-0.25, -0.2) is 14.6 Å². The first-order chi connectivity index (χ1) is 15.0. The first-order valence-corrected chi connectivity index (χ1v) is 10.2. The number of rotatable bonds is 4. The number of hydrogen-bond acceptors (Lipinski definition) is 7. The highest BCUT2D eigenvalue weighted by atomic mass is 35.5. The van der Waals surface area contributed by atoms with Crippen molar-refractivity contribution in [2.75, 3.05) is 5.32 Å². The molecular formula is C22H20ClN5O3. The van der Waals surface area contributed by atoms with E-state index in [1.807, 2.05) is 42.5 Å². The van der Waals surface area contributed by atoms with E-state index in [9.17, 15) is 10.2 Å². The van der Waals surface area contributed by atoms with E-state index in [0.29, 0.717) is 27.6 Å². The third-order valence-electron chi connectivity index (χ3n) is 5.36. The van der Waals surface area contributed by atoms with Gasteiger partial charge in [0.15, 0.2) is 11.9 Å². The summed E-state index contributed by atoms with van der Waals surface area (Å²) in [6, 6.07) is 16.9. The minimum absolute atomic E-state index is 0.482. The van der Waals surface area contributed by atoms with E-state index in [1.165, 1.54) is 11.0 Å². The van der Waals surface area contributed by atoms with Crippen molar-refractivity contribution in [3.63, 3.8) is 0 Å². The number of benzene rings is 2. The van der Waals surface area contributed by atoms with Gasteiger partial charge in [0, 0.05) is 16.3 Å². The lowest BCUT2D eigenvalue weighted by atomic mass is 10.1. The van der Waals surface area contributed by atoms with Crippen molar-refractivity contribution >= 4 is 34.1 Å². The molecule has 2 aromatic heterocycles. The number of hydrogen-bond donors (Lipinski definition) is 3. The van der Waals surface area contributed by atoms with Crippen molar-refractivity contribution in [3.05, 3.63) is 65.9 Å². The third-order valence-corrected chi connectivity index (χ3v) is 5.61. The lowest BCUT2D eigenvalue weighted by molar-refractivity contribution is -0.0370. The van der Waals surface area contributed by atoms with Crippen molar-refractivity contribution < 1.29 is 14.9 Å². The number of ether oxygens (including phenoxy) is 1. The molecule has 0 aliphatic carbocycles. The van der Waals surface area contributed by atoms with Crippen LogP contribution >= 0.6 is 11.6 Å². The molecule has 4 atom stereocenters. The molecule has 0 amide bonds. The summed E-state index contributed by atoms with van der Waals surface area (Å²) in [5, 5.41) is 30.1. The highest BCUT2D eigenvalue weighted by Gasteiger charge is 2.43. The molecule has 1 aliphatic rings. The average Bonchev–Trinajstić information content (AvgIpc) is 3.30. The summed E-state index contributed by atoms with van der Waals surface area (Å²) in [5.41, 5.74) is 2.78. The zero-order chi connectivity index (χ0) is 21.5. The highest BCUT2D eigenvalue weighted by molar-refractivity contribution is 6.30. The van der Waals surface area contributed by atoms with Crippen LogP contribution in [0, 0.1) is 0 Å². The summed E-state index contributed by atoms with van der Waals surface area (Å²) < 4.78 is 7.32. The smallest absolute Gasteiger partial charge is 0.181 e. The van der Waals surface area contributed by atoms with Crippen LogP contribution in [-0.2, 0) is 4.74 Å². The first-order valence-electron chi connectivity index (χ1n) is 9.86. The molecule has 2 aromatic carbocycles. The van der Waals surface area contributed by atoms with E-state index in [4.69, 9.17) is 21.4 Å². The number of nitrogens with zero attached hydrogens (tertiary/aromatic N) is 4. The van der Waals surface area contributed by atoms with Crippen LogP contribution < -0.4 is 5.32 Å². The van der Waals surface area contributed by atoms with Gasteiger partial charge in [-0.3, -0.25) is 0 Å². The normalized spacial score (nSPS) is 23.4. The lowest BCUT2D eigenvalue weighted by Crippen LogP contribution is -2.30. The summed E-state index contributed by atoms with van der Waals surface area (Å²) in [6.45, 7) is 1.71. The Balaban J connectivity index is 1.69. The van der Waals surface area contributed by atoms with Crippen LogP contribution in [0.3, 0.4) is 0 Å². The largest absolute Gasteiger partial charge is 0.388 e. The van der Waals surface area contributed by atoms with Gasteiger partial charge in [-0.1, -0.05) is 41.9 Å². The van der Waals surface area contributed by atoms with Gasteiger partial charge in [0.1, 0.15) is 30.0 Å². The number of aromatic nitrogens is 4. The maximum Gasteiger partial charge on any atom is 0.181 e. The van der Waals surface area contributed by atoms with Crippen LogP contribution in [-0.4, -0.2) is 48.3 Å². The fraction of sp³-hybridized carbons (Fsp3) is 0.227. The van der Waals surface area contributed by atoms with Crippen molar-refractivity contribution in [3.8, 4) is 11.3 Å². The first kappa shape index (κ1) is 19.9. The Morgan fingerprint density at radius 2 is 1.74 bits per heavy atom. The zero-order valence-corrected chi connectivity index (χ0v) is 17.3. The van der Waals surface area contributed by atoms with Crippen LogP contribution in [0.5, 0.6) is 0 Å². The molecule has 3 heterocycles. The van der Waals surface area contributed by atoms with Gasteiger partial charge in [-0.15, -0.1) is 0 Å². The third kappa shape index (κ3) is 3.53. The Morgan fingerprint density at radius 1 is 1.00 bits per heavy atom. The minimum Gasteiger partial charge on any atom is -0.388 e. The Labute approximate surface area is 183 Å². The van der Waals surface area contributed by atoms with E-state index in [2.05, 4.69) is 15.3 Å². The van der Waals surface area contributed by atoms with Crippen molar-refractivity contribution in [2.24, 2.45) is 0 Å². The lowest BCUT2D eigenvalue weighted by Gasteiger charge is -2.15. The van der Waals surface area contributed by atoms with E-state index < -0.39 is 24.5 Å². The van der Waals surface area contributed by atoms with Gasteiger partial charge >= 0.3 is 0 Å². The molecule has 1 fully saturated rings. The van der Waals surface area contributed by atoms with E-state index in [1.54, 1.807) is 19.1 Å². The van der Waals surface area contributed by atoms with Crippen LogP contribution in [0.1, 0.15) is 13.2 Å². The number of aliphatic hydroxyl groups excluding tert-OH is 2. The van der Waals surface area contributed by atoms with Gasteiger partial charge in [0.2, 0.25) is 0 Å². The van der Waals surface area contributed by atoms with Gasteiger partial charge < -0.3 is 20.3 Å². The average molecular weight is 438 g/mol. The molecule has 0 radical (unpaired) electrons. The molecule has 4 aromatic rings. The van der Waals surface area contributed by atoms with Crippen LogP contribution in [0.15, 0.2) is 60.9 Å². The van der Waals surface area contributed by atoms with Gasteiger partial charge in [0.25, 0.3) is 0 Å². The number of fused-ring (bicyclic) bond motifs is 1. The van der Waals surface area contributed by atoms with Crippen LogP contribution in [0.2, 0.25) is 5.02 Å². The van der Waals surface area contributed by atoms with E-state index in [-0.39, 0.29) is 0 Å². The second kappa shape index (κ2) is 7.90. The molecule has 1 aliphatic heterocycles. The molecule has 5 rings (SSSR count). The van der Waals surface area contributed by atoms with Crippen LogP contribution in [0.4, 0.5) is 11.5 Å². The second-order valence-electron chi connectivity index (χ2n) is 7.42. The number of nitrogens with one attached hydrogen (secondary N) is 1. The molecule has 1 unspecified atom stereocenters. The second-order valence-corrected chi connectivity index (χ2v) is 7.86. The number of anilines is 2. The predicted molar refractivity (Wildman–Crippen MR) is 117 cm³/mol. The summed E-state index contributed by atoms with van der Waals surface area (Å²) in [5.74, 6) is 0.554. The zero-order valence-electron chi connectivity index (χ0n) is 16.6. The number of halogens is 1. The van der Waals surface area contributed by atoms with E-state index in [0.717, 1.165) is 11.3 Å². The Hall–Kier alpha value is -3.04. The summed E-state index contributed by atoms with van der Waals surface area (Å²) in [4.78, 5) is 8.87. The standard InChI is InChI=1S/C22H20ClN5O3/c1-12-18(29)19(30)22(31-12)28-21-16(17(27-28)13-5-3-2-4-6-13)20(24-11-25-21)26-15-9-7-14(23)8-10-15/h2-12,18-19,22,29-30H,1H3,(H,24,25,26)/t12-,18-,19-,22?/m1/s1. The minimum atomic E-state index is -1.13. The fourth-order valence-electron chi connectivity index (χ4n) is 3.74. The summed E-state index contributed by atoms with van der Waals surface area (Å²) >= 11 is 6.00. The monoisotopic (exact) mass is 437 g/mol. The maximum atomic E-state index is 10.5. The predicted octanol–water partition coefficient (Wildman–Crippen LogP) is 3.53. The fourth-order valence-corrected chi connectivity index (χ4v) is 3.87. The molecule has 1 saturated heterocycles. The van der Waals surface area contributed by atoms with Crippen LogP contribution in [0.25, 0.3) is 22.3 Å². The van der Waals surface area contributed by atoms with Gasteiger partial charge in [-0.2, -0.15) is 5.10 Å². The van der Waals surface area contributed by atoms with Crippen molar-refractivity contribution in [2.45, 2.75) is 31.5 Å².